The monoisotopic (exact) mass is 334 g/mol. The fourth-order valence-electron chi connectivity index (χ4n) is 2.35. The van der Waals surface area contributed by atoms with Gasteiger partial charge in [0.25, 0.3) is 0 Å². The number of fused-ring (bicyclic) bond motifs is 1. The van der Waals surface area contributed by atoms with Crippen LogP contribution in [0.1, 0.15) is 13.8 Å². The van der Waals surface area contributed by atoms with Gasteiger partial charge >= 0.3 is 0 Å². The second-order valence-corrected chi connectivity index (χ2v) is 5.63. The zero-order chi connectivity index (χ0) is 16.6. The molecule has 3 aromatic rings. The van der Waals surface area contributed by atoms with Crippen molar-refractivity contribution in [3.05, 3.63) is 47.4 Å². The van der Waals surface area contributed by atoms with Crippen LogP contribution < -0.4 is 5.32 Å². The SMILES string of the molecule is CC(C)Nc1c(-c2c(F)cccc2F)c(Cl)nc2nccnc12. The number of rotatable bonds is 3. The van der Waals surface area contributed by atoms with Crippen LogP contribution >= 0.6 is 11.6 Å². The number of halogens is 3. The average Bonchev–Trinajstić information content (AvgIpc) is 2.49. The number of anilines is 1. The first-order chi connectivity index (χ1) is 11.0. The number of benzene rings is 1. The molecule has 0 amide bonds. The van der Waals surface area contributed by atoms with Gasteiger partial charge in [-0.3, -0.25) is 0 Å². The summed E-state index contributed by atoms with van der Waals surface area (Å²) in [4.78, 5) is 12.5. The Labute approximate surface area is 136 Å². The minimum Gasteiger partial charge on any atom is -0.380 e. The summed E-state index contributed by atoms with van der Waals surface area (Å²) in [6.45, 7) is 3.80. The van der Waals surface area contributed by atoms with Gasteiger partial charge in [0.15, 0.2) is 5.65 Å². The van der Waals surface area contributed by atoms with Crippen molar-refractivity contribution in [1.29, 1.82) is 0 Å². The van der Waals surface area contributed by atoms with Gasteiger partial charge in [0.1, 0.15) is 22.3 Å². The van der Waals surface area contributed by atoms with Gasteiger partial charge in [-0.25, -0.2) is 23.7 Å². The van der Waals surface area contributed by atoms with Gasteiger partial charge in [0.05, 0.1) is 16.8 Å². The van der Waals surface area contributed by atoms with Gasteiger partial charge in [-0.1, -0.05) is 17.7 Å². The molecule has 3 rings (SSSR count). The maximum absolute atomic E-state index is 14.2. The lowest BCUT2D eigenvalue weighted by Crippen LogP contribution is -2.13. The third-order valence-electron chi connectivity index (χ3n) is 3.22. The summed E-state index contributed by atoms with van der Waals surface area (Å²) in [6.07, 6.45) is 2.97. The van der Waals surface area contributed by atoms with Crippen molar-refractivity contribution in [2.75, 3.05) is 5.32 Å². The molecule has 0 saturated carbocycles. The molecule has 0 fully saturated rings. The van der Waals surface area contributed by atoms with E-state index in [0.717, 1.165) is 0 Å². The van der Waals surface area contributed by atoms with E-state index in [4.69, 9.17) is 11.6 Å². The second kappa shape index (κ2) is 6.04. The molecule has 1 aromatic carbocycles. The average molecular weight is 335 g/mol. The van der Waals surface area contributed by atoms with Crippen molar-refractivity contribution in [3.63, 3.8) is 0 Å². The van der Waals surface area contributed by atoms with Crippen LogP contribution in [0.25, 0.3) is 22.3 Å². The summed E-state index contributed by atoms with van der Waals surface area (Å²) < 4.78 is 28.5. The van der Waals surface area contributed by atoms with Gasteiger partial charge < -0.3 is 5.32 Å². The summed E-state index contributed by atoms with van der Waals surface area (Å²) in [5.41, 5.74) is 1.03. The Morgan fingerprint density at radius 1 is 1.04 bits per heavy atom. The molecule has 0 atom stereocenters. The quantitative estimate of drug-likeness (QED) is 0.719. The molecule has 7 heteroatoms. The molecule has 2 aromatic heterocycles. The van der Waals surface area contributed by atoms with E-state index >= 15 is 0 Å². The highest BCUT2D eigenvalue weighted by Crippen LogP contribution is 2.40. The molecule has 0 spiro atoms. The van der Waals surface area contributed by atoms with Gasteiger partial charge in [0.2, 0.25) is 0 Å². The normalized spacial score (nSPS) is 11.2. The van der Waals surface area contributed by atoms with Crippen LogP contribution in [-0.2, 0) is 0 Å². The Balaban J connectivity index is 2.42. The van der Waals surface area contributed by atoms with E-state index in [-0.39, 0.29) is 22.3 Å². The van der Waals surface area contributed by atoms with E-state index in [1.165, 1.54) is 30.6 Å². The van der Waals surface area contributed by atoms with E-state index in [1.807, 2.05) is 13.8 Å². The molecule has 0 unspecified atom stereocenters. The zero-order valence-corrected chi connectivity index (χ0v) is 13.2. The van der Waals surface area contributed by atoms with Gasteiger partial charge in [-0.2, -0.15) is 0 Å². The number of pyridine rings is 1. The van der Waals surface area contributed by atoms with Crippen LogP contribution in [0.2, 0.25) is 5.15 Å². The third kappa shape index (κ3) is 2.82. The minimum absolute atomic E-state index is 0.00717. The molecular formula is C16H13ClF2N4. The summed E-state index contributed by atoms with van der Waals surface area (Å²) >= 11 is 6.22. The van der Waals surface area contributed by atoms with Gasteiger partial charge in [0, 0.05) is 18.4 Å². The molecule has 0 saturated heterocycles. The molecule has 118 valence electrons. The number of hydrogen-bond acceptors (Lipinski definition) is 4. The molecule has 0 bridgehead atoms. The molecule has 4 nitrogen and oxygen atoms in total. The zero-order valence-electron chi connectivity index (χ0n) is 12.4. The van der Waals surface area contributed by atoms with E-state index in [2.05, 4.69) is 20.3 Å². The minimum atomic E-state index is -0.719. The van der Waals surface area contributed by atoms with E-state index in [0.29, 0.717) is 16.9 Å². The predicted molar refractivity (Wildman–Crippen MR) is 86.5 cm³/mol. The van der Waals surface area contributed by atoms with Crippen molar-refractivity contribution < 1.29 is 8.78 Å². The van der Waals surface area contributed by atoms with Gasteiger partial charge in [-0.05, 0) is 26.0 Å². The smallest absolute Gasteiger partial charge is 0.181 e. The Kier molecular flexibility index (Phi) is 4.09. The van der Waals surface area contributed by atoms with Crippen LogP contribution in [-0.4, -0.2) is 21.0 Å². The highest BCUT2D eigenvalue weighted by molar-refractivity contribution is 6.33. The van der Waals surface area contributed by atoms with Crippen molar-refractivity contribution in [3.8, 4) is 11.1 Å². The molecule has 0 aliphatic carbocycles. The summed E-state index contributed by atoms with van der Waals surface area (Å²) in [7, 11) is 0. The molecule has 2 heterocycles. The first kappa shape index (κ1) is 15.6. The number of nitrogens with one attached hydrogen (secondary N) is 1. The number of aromatic nitrogens is 3. The fraction of sp³-hybridized carbons (Fsp3) is 0.188. The molecule has 1 N–H and O–H groups in total. The first-order valence-corrected chi connectivity index (χ1v) is 7.38. The van der Waals surface area contributed by atoms with Crippen molar-refractivity contribution in [1.82, 2.24) is 15.0 Å². The fourth-order valence-corrected chi connectivity index (χ4v) is 2.62. The second-order valence-electron chi connectivity index (χ2n) is 5.28. The molecule has 0 aliphatic rings. The molecule has 0 radical (unpaired) electrons. The van der Waals surface area contributed by atoms with E-state index in [1.54, 1.807) is 0 Å². The van der Waals surface area contributed by atoms with E-state index < -0.39 is 11.6 Å². The van der Waals surface area contributed by atoms with Crippen LogP contribution in [0.3, 0.4) is 0 Å². The lowest BCUT2D eigenvalue weighted by atomic mass is 10.0. The Bertz CT molecular complexity index is 863. The summed E-state index contributed by atoms with van der Waals surface area (Å²) in [6, 6.07) is 3.64. The van der Waals surface area contributed by atoms with Crippen molar-refractivity contribution >= 4 is 28.5 Å². The highest BCUT2D eigenvalue weighted by atomic mass is 35.5. The number of nitrogens with zero attached hydrogens (tertiary/aromatic N) is 3. The van der Waals surface area contributed by atoms with E-state index in [9.17, 15) is 8.78 Å². The Hall–Kier alpha value is -2.34. The van der Waals surface area contributed by atoms with Crippen LogP contribution in [0.4, 0.5) is 14.5 Å². The van der Waals surface area contributed by atoms with Crippen LogP contribution in [0.15, 0.2) is 30.6 Å². The molecule has 0 aliphatic heterocycles. The lowest BCUT2D eigenvalue weighted by Gasteiger charge is -2.18. The largest absolute Gasteiger partial charge is 0.380 e. The van der Waals surface area contributed by atoms with Crippen molar-refractivity contribution in [2.24, 2.45) is 0 Å². The van der Waals surface area contributed by atoms with Crippen molar-refractivity contribution in [2.45, 2.75) is 19.9 Å². The maximum atomic E-state index is 14.2. The maximum Gasteiger partial charge on any atom is 0.181 e. The molecule has 23 heavy (non-hydrogen) atoms. The Morgan fingerprint density at radius 3 is 2.35 bits per heavy atom. The summed E-state index contributed by atoms with van der Waals surface area (Å²) in [5, 5.41) is 3.11. The Morgan fingerprint density at radius 2 is 1.70 bits per heavy atom. The van der Waals surface area contributed by atoms with Gasteiger partial charge in [-0.15, -0.1) is 0 Å². The highest BCUT2D eigenvalue weighted by Gasteiger charge is 2.23. The predicted octanol–water partition coefficient (Wildman–Crippen LogP) is 4.44. The first-order valence-electron chi connectivity index (χ1n) is 7.00. The topological polar surface area (TPSA) is 50.7 Å². The number of hydrogen-bond donors (Lipinski definition) is 1. The molecular weight excluding hydrogens is 322 g/mol. The third-order valence-corrected chi connectivity index (χ3v) is 3.50. The summed E-state index contributed by atoms with van der Waals surface area (Å²) in [5.74, 6) is -1.44. The standard InChI is InChI=1S/C16H13ClF2N4/c1-8(2)22-13-12(11-9(18)4-3-5-10(11)19)15(17)23-16-14(13)20-6-7-21-16/h3-8H,1-2H3,(H,21,22,23). The lowest BCUT2D eigenvalue weighted by molar-refractivity contribution is 0.589. The van der Waals surface area contributed by atoms with Crippen LogP contribution in [0.5, 0.6) is 0 Å². The van der Waals surface area contributed by atoms with Crippen LogP contribution in [0, 0.1) is 11.6 Å².